The maximum absolute atomic E-state index is 2.45. The molecule has 0 atom stereocenters. The van der Waals surface area contributed by atoms with Crippen molar-refractivity contribution in [3.63, 3.8) is 0 Å². The van der Waals surface area contributed by atoms with Gasteiger partial charge in [-0.15, -0.1) is 0 Å². The summed E-state index contributed by atoms with van der Waals surface area (Å²) < 4.78 is 7.28. The van der Waals surface area contributed by atoms with Crippen molar-refractivity contribution in [2.75, 3.05) is 0 Å². The lowest BCUT2D eigenvalue weighted by Gasteiger charge is -2.24. The summed E-state index contributed by atoms with van der Waals surface area (Å²) >= 11 is 0. The molecule has 0 saturated heterocycles. The highest BCUT2D eigenvalue weighted by molar-refractivity contribution is 6.25. The molecule has 24 rings (SSSR count). The molecule has 3 aromatic heterocycles. The highest BCUT2D eigenvalue weighted by atomic mass is 15.0. The van der Waals surface area contributed by atoms with Gasteiger partial charge in [0.25, 0.3) is 0 Å². The molecular formula is C123H93N3. The van der Waals surface area contributed by atoms with Crippen molar-refractivity contribution in [2.45, 2.75) is 60.8 Å². The van der Waals surface area contributed by atoms with Crippen molar-refractivity contribution in [2.24, 2.45) is 0 Å². The molecule has 0 aliphatic carbocycles. The van der Waals surface area contributed by atoms with E-state index in [2.05, 4.69) is 488 Å². The van der Waals surface area contributed by atoms with E-state index in [0.29, 0.717) is 0 Å². The summed E-state index contributed by atoms with van der Waals surface area (Å²) in [7, 11) is 0. The van der Waals surface area contributed by atoms with Crippen LogP contribution in [0.5, 0.6) is 0 Å². The van der Waals surface area contributed by atoms with Crippen LogP contribution in [0.4, 0.5) is 0 Å². The molecule has 0 saturated carbocycles. The third kappa shape index (κ3) is 12.8. The average Bonchev–Trinajstić information content (AvgIpc) is 0.815. The molecule has 3 nitrogen and oxygen atoms in total. The Bertz CT molecular complexity index is 8200. The van der Waals surface area contributed by atoms with Gasteiger partial charge in [-0.3, -0.25) is 0 Å². The quantitative estimate of drug-likeness (QED) is 0.128. The molecule has 24 aromatic rings. The molecule has 0 fully saturated rings. The number of para-hydroxylation sites is 6. The molecule has 0 aliphatic heterocycles. The topological polar surface area (TPSA) is 14.8 Å². The molecule has 0 aliphatic rings. The lowest BCUT2D eigenvalue weighted by molar-refractivity contribution is 0.591. The van der Waals surface area contributed by atoms with Crippen molar-refractivity contribution >= 4 is 130 Å². The largest absolute Gasteiger partial charge is 0.309 e. The van der Waals surface area contributed by atoms with E-state index in [1.165, 1.54) is 247 Å². The summed E-state index contributed by atoms with van der Waals surface area (Å²) in [4.78, 5) is 0. The minimum absolute atomic E-state index is 0.0461. The molecule has 0 unspecified atom stereocenters. The fourth-order valence-electron chi connectivity index (χ4n) is 20.8. The van der Waals surface area contributed by atoms with Crippen molar-refractivity contribution in [1.29, 1.82) is 0 Å². The Hall–Kier alpha value is -15.4. The van der Waals surface area contributed by atoms with Crippen LogP contribution in [0.2, 0.25) is 0 Å². The molecule has 3 heteroatoms. The summed E-state index contributed by atoms with van der Waals surface area (Å²) in [5, 5.41) is 23.2. The number of rotatable bonds is 9. The smallest absolute Gasteiger partial charge is 0.0541 e. The predicted molar refractivity (Wildman–Crippen MR) is 542 cm³/mol. The van der Waals surface area contributed by atoms with E-state index in [-0.39, 0.29) is 5.41 Å². The van der Waals surface area contributed by atoms with E-state index in [1.54, 1.807) is 0 Å². The summed E-state index contributed by atoms with van der Waals surface area (Å²) in [6.45, 7) is 18.2. The number of aryl methyl sites for hydroxylation is 5. The molecule has 3 heterocycles. The van der Waals surface area contributed by atoms with Gasteiger partial charge >= 0.3 is 0 Å². The number of benzene rings is 21. The summed E-state index contributed by atoms with van der Waals surface area (Å²) in [5.41, 5.74) is 34.3. The van der Waals surface area contributed by atoms with E-state index < -0.39 is 0 Å². The molecule has 126 heavy (non-hydrogen) atoms. The Balaban J connectivity index is 0.000000112. The Morgan fingerprint density at radius 3 is 0.698 bits per heavy atom. The van der Waals surface area contributed by atoms with Gasteiger partial charge in [-0.1, -0.05) is 360 Å². The standard InChI is InChI=1S/C44H37N.C40H29N.C39H27N/c1-28-26-41(45-39-21-13-11-17-32(39)33-18-12-14-22-40(33)45)29(2)25-37(28)43-35-20-10-9-19-34(35)42(30-15-7-6-8-16-30)38-27-31(44(3,4)5)23-24-36(38)43;1-26-25-38(41-36-22-12-10-16-29(36)30-17-11-13-23-37(30)41)27(2)24-35(26)40-33-20-8-6-18-31(33)39(28-14-4-3-5-15-28)32-19-7-9-21-34(32)40;1-26-25-28(40-36-21-11-9-15-30(36)31-16-10-12-22-37(31)40)23-24-29(26)39-34-19-7-5-17-32(34)38(27-13-3-2-4-14-27)33-18-6-8-20-35(33)39/h6-27H,1-5H3;3-25H,1-2H3;2-25H,1H3. The second-order valence-corrected chi connectivity index (χ2v) is 35.1. The highest BCUT2D eigenvalue weighted by Gasteiger charge is 2.27. The van der Waals surface area contributed by atoms with Crippen LogP contribution in [0.15, 0.2) is 419 Å². The molecule has 0 spiro atoms. The first-order chi connectivity index (χ1) is 61.8. The maximum atomic E-state index is 2.45. The van der Waals surface area contributed by atoms with Gasteiger partial charge in [0.2, 0.25) is 0 Å². The highest BCUT2D eigenvalue weighted by Crippen LogP contribution is 2.51. The zero-order chi connectivity index (χ0) is 85.0. The second kappa shape index (κ2) is 31.2. The van der Waals surface area contributed by atoms with Gasteiger partial charge < -0.3 is 13.7 Å². The van der Waals surface area contributed by atoms with E-state index in [0.717, 1.165) is 0 Å². The first-order valence-corrected chi connectivity index (χ1v) is 44.1. The normalized spacial score (nSPS) is 11.8. The summed E-state index contributed by atoms with van der Waals surface area (Å²) in [6.07, 6.45) is 0. The number of fused-ring (bicyclic) bond motifs is 15. The van der Waals surface area contributed by atoms with Gasteiger partial charge in [-0.25, -0.2) is 0 Å². The molecular weight excluding hydrogens is 1520 g/mol. The molecule has 0 bridgehead atoms. The number of aromatic nitrogens is 3. The van der Waals surface area contributed by atoms with Gasteiger partial charge in [0.1, 0.15) is 0 Å². The van der Waals surface area contributed by atoms with Crippen molar-refractivity contribution in [3.8, 4) is 83.8 Å². The lowest BCUT2D eigenvalue weighted by atomic mass is 9.80. The van der Waals surface area contributed by atoms with E-state index in [4.69, 9.17) is 0 Å². The van der Waals surface area contributed by atoms with Crippen molar-refractivity contribution < 1.29 is 0 Å². The zero-order valence-corrected chi connectivity index (χ0v) is 72.2. The Kier molecular flexibility index (Phi) is 19.0. The third-order valence-electron chi connectivity index (χ3n) is 26.5. The number of hydrogen-bond acceptors (Lipinski definition) is 0. The predicted octanol–water partition coefficient (Wildman–Crippen LogP) is 34.1. The first-order valence-electron chi connectivity index (χ1n) is 44.1. The van der Waals surface area contributed by atoms with Crippen LogP contribution in [0.25, 0.3) is 214 Å². The van der Waals surface area contributed by atoms with E-state index in [9.17, 15) is 0 Å². The average molecular weight is 1610 g/mol. The molecule has 0 amide bonds. The van der Waals surface area contributed by atoms with Crippen molar-refractivity contribution in [3.05, 3.63) is 452 Å². The fourth-order valence-corrected chi connectivity index (χ4v) is 20.8. The molecule has 600 valence electrons. The summed E-state index contributed by atoms with van der Waals surface area (Å²) in [5.74, 6) is 0. The van der Waals surface area contributed by atoms with Gasteiger partial charge in [-0.05, 0) is 284 Å². The first kappa shape index (κ1) is 76.7. The Morgan fingerprint density at radius 1 is 0.167 bits per heavy atom. The van der Waals surface area contributed by atoms with Crippen LogP contribution >= 0.6 is 0 Å². The van der Waals surface area contributed by atoms with E-state index >= 15 is 0 Å². The number of nitrogens with zero attached hydrogens (tertiary/aromatic N) is 3. The van der Waals surface area contributed by atoms with Crippen LogP contribution in [0.1, 0.15) is 54.2 Å². The van der Waals surface area contributed by atoms with Crippen LogP contribution in [0.3, 0.4) is 0 Å². The minimum atomic E-state index is 0.0461. The molecule has 0 N–H and O–H groups in total. The van der Waals surface area contributed by atoms with Crippen LogP contribution in [-0.4, -0.2) is 13.7 Å². The molecule has 0 radical (unpaired) electrons. The lowest BCUT2D eigenvalue weighted by Crippen LogP contribution is -2.10. The monoisotopic (exact) mass is 1610 g/mol. The van der Waals surface area contributed by atoms with Gasteiger partial charge in [0, 0.05) is 49.4 Å². The zero-order valence-electron chi connectivity index (χ0n) is 72.2. The second-order valence-electron chi connectivity index (χ2n) is 35.1. The maximum Gasteiger partial charge on any atom is 0.0541 e. The van der Waals surface area contributed by atoms with Gasteiger partial charge in [0.05, 0.1) is 33.1 Å². The van der Waals surface area contributed by atoms with E-state index in [1.807, 2.05) is 0 Å². The Morgan fingerprint density at radius 2 is 0.405 bits per heavy atom. The summed E-state index contributed by atoms with van der Waals surface area (Å²) in [6, 6.07) is 153. The number of hydrogen-bond donors (Lipinski definition) is 0. The van der Waals surface area contributed by atoms with Gasteiger partial charge in [0.15, 0.2) is 0 Å². The molecule has 21 aromatic carbocycles. The van der Waals surface area contributed by atoms with Crippen LogP contribution < -0.4 is 0 Å². The fraction of sp³-hybridized carbons (Fsp3) is 0.0732. The van der Waals surface area contributed by atoms with Crippen LogP contribution in [-0.2, 0) is 5.41 Å². The van der Waals surface area contributed by atoms with Crippen molar-refractivity contribution in [1.82, 2.24) is 13.7 Å². The van der Waals surface area contributed by atoms with Gasteiger partial charge in [-0.2, -0.15) is 0 Å². The Labute approximate surface area is 735 Å². The third-order valence-corrected chi connectivity index (χ3v) is 26.5. The minimum Gasteiger partial charge on any atom is -0.309 e. The SMILES string of the molecule is Cc1cc(-n2c3ccccc3c3ccccc32)c(C)cc1-c1c2ccccc2c(-c2ccccc2)c2cc(C(C)(C)C)ccc12.Cc1cc(-n2c3ccccc3c3ccccc32)c(C)cc1-c1c2ccccc2c(-c2ccccc2)c2ccccc12.Cc1cc(-n2c3ccccc3c3ccccc32)ccc1-c1c2ccccc2c(-c2ccccc2)c2ccccc12. The van der Waals surface area contributed by atoms with Crippen LogP contribution in [0, 0.1) is 34.6 Å².